The first-order valence-corrected chi connectivity index (χ1v) is 19.3. The van der Waals surface area contributed by atoms with Crippen molar-refractivity contribution in [1.82, 2.24) is 38.7 Å². The summed E-state index contributed by atoms with van der Waals surface area (Å²) in [4.78, 5) is 61.3. The second kappa shape index (κ2) is 16.8. The minimum absolute atomic E-state index is 0.0336. The number of nitrogens with one attached hydrogen (secondary N) is 2. The Balaban J connectivity index is 1.26. The van der Waals surface area contributed by atoms with Crippen LogP contribution in [0.2, 0.25) is 0 Å². The standard InChI is InChI=1S/C39H44F2N12O7/c1-6-51-32(28(40)19(3)48-51)36(56)46-38-44-24-14-21(34(42)54)16-26(59-13-9-12-58-5)30(24)50(38)11-8-10-23-18-60-27-17-22(35(43)55)15-25-31(27)53(23)39(45-25)47-37(57)33-29(41)20(4)49-52(33)7-2/h14-17,23H,6-13,18H2,1-5H3,(H2,42,54)(H2,43,55)(H,44,46,56)(H,45,47,57)/t23-/m0/s1. The number of imidazole rings is 2. The van der Waals surface area contributed by atoms with Gasteiger partial charge in [-0.2, -0.15) is 10.2 Å². The van der Waals surface area contributed by atoms with Gasteiger partial charge < -0.3 is 34.8 Å². The van der Waals surface area contributed by atoms with Crippen molar-refractivity contribution in [3.8, 4) is 11.5 Å². The van der Waals surface area contributed by atoms with E-state index < -0.39 is 41.3 Å². The first-order chi connectivity index (χ1) is 28.8. The summed E-state index contributed by atoms with van der Waals surface area (Å²) < 4.78 is 53.9. The molecule has 19 nitrogen and oxygen atoms in total. The molecule has 0 unspecified atom stereocenters. The smallest absolute Gasteiger partial charge is 0.279 e. The highest BCUT2D eigenvalue weighted by atomic mass is 19.1. The Morgan fingerprint density at radius 1 is 0.817 bits per heavy atom. The second-order valence-electron chi connectivity index (χ2n) is 14.1. The summed E-state index contributed by atoms with van der Waals surface area (Å²) in [6.45, 7) is 7.72. The summed E-state index contributed by atoms with van der Waals surface area (Å²) >= 11 is 0. The third-order valence-corrected chi connectivity index (χ3v) is 10.2. The minimum Gasteiger partial charge on any atom is -0.491 e. The highest BCUT2D eigenvalue weighted by Crippen LogP contribution is 2.39. The van der Waals surface area contributed by atoms with Crippen LogP contribution in [0.25, 0.3) is 22.1 Å². The number of halogens is 2. The van der Waals surface area contributed by atoms with Gasteiger partial charge in [0.2, 0.25) is 23.7 Å². The van der Waals surface area contributed by atoms with Gasteiger partial charge in [-0.05, 0) is 64.8 Å². The van der Waals surface area contributed by atoms with E-state index in [0.29, 0.717) is 48.2 Å². The monoisotopic (exact) mass is 830 g/mol. The van der Waals surface area contributed by atoms with Crippen molar-refractivity contribution in [1.29, 1.82) is 0 Å². The number of fused-ring (bicyclic) bond motifs is 1. The molecule has 1 aliphatic heterocycles. The van der Waals surface area contributed by atoms with E-state index in [0.717, 1.165) is 0 Å². The van der Waals surface area contributed by atoms with E-state index in [-0.39, 0.29) is 89.9 Å². The van der Waals surface area contributed by atoms with Gasteiger partial charge in [0.25, 0.3) is 11.8 Å². The highest BCUT2D eigenvalue weighted by molar-refractivity contribution is 6.05. The van der Waals surface area contributed by atoms with Gasteiger partial charge in [-0.1, -0.05) is 0 Å². The van der Waals surface area contributed by atoms with Crippen molar-refractivity contribution in [2.24, 2.45) is 11.5 Å². The van der Waals surface area contributed by atoms with E-state index in [1.54, 1.807) is 30.1 Å². The Morgan fingerprint density at radius 2 is 1.38 bits per heavy atom. The third kappa shape index (κ3) is 7.58. The first kappa shape index (κ1) is 41.3. The number of anilines is 2. The molecule has 0 saturated heterocycles. The van der Waals surface area contributed by atoms with Crippen molar-refractivity contribution in [2.45, 2.75) is 72.6 Å². The van der Waals surface area contributed by atoms with Crippen LogP contribution in [0, 0.1) is 25.5 Å². The van der Waals surface area contributed by atoms with Crippen LogP contribution in [-0.4, -0.2) is 89.2 Å². The Morgan fingerprint density at radius 3 is 1.97 bits per heavy atom. The summed E-state index contributed by atoms with van der Waals surface area (Å²) in [5.41, 5.74) is 12.6. The van der Waals surface area contributed by atoms with Crippen LogP contribution >= 0.6 is 0 Å². The number of hydrogen-bond acceptors (Lipinski definition) is 11. The zero-order valence-corrected chi connectivity index (χ0v) is 33.6. The van der Waals surface area contributed by atoms with Gasteiger partial charge in [0.05, 0.1) is 35.1 Å². The van der Waals surface area contributed by atoms with Crippen molar-refractivity contribution in [2.75, 3.05) is 37.6 Å². The molecule has 0 saturated carbocycles. The molecule has 1 aliphatic rings. The quantitative estimate of drug-likeness (QED) is 0.0948. The van der Waals surface area contributed by atoms with Gasteiger partial charge in [0, 0.05) is 50.9 Å². The fourth-order valence-electron chi connectivity index (χ4n) is 7.36. The van der Waals surface area contributed by atoms with Crippen LogP contribution in [-0.2, 0) is 24.4 Å². The van der Waals surface area contributed by atoms with E-state index in [9.17, 15) is 19.2 Å². The van der Waals surface area contributed by atoms with Crippen molar-refractivity contribution >= 4 is 57.6 Å². The number of rotatable bonds is 17. The van der Waals surface area contributed by atoms with Gasteiger partial charge in [0.1, 0.15) is 29.1 Å². The lowest BCUT2D eigenvalue weighted by Crippen LogP contribution is -2.27. The molecular formula is C39H44F2N12O7. The lowest BCUT2D eigenvalue weighted by molar-refractivity contribution is 0.0991. The lowest BCUT2D eigenvalue weighted by Gasteiger charge is -2.27. The molecule has 7 rings (SSSR count). The van der Waals surface area contributed by atoms with Crippen LogP contribution in [0.3, 0.4) is 0 Å². The van der Waals surface area contributed by atoms with Crippen molar-refractivity contribution in [3.63, 3.8) is 0 Å². The molecule has 5 heterocycles. The van der Waals surface area contributed by atoms with E-state index in [1.165, 1.54) is 47.5 Å². The number of benzene rings is 2. The number of nitrogens with two attached hydrogens (primary N) is 2. The lowest BCUT2D eigenvalue weighted by atomic mass is 10.1. The number of carbonyl (C=O) groups is 4. The summed E-state index contributed by atoms with van der Waals surface area (Å²) in [5.74, 6) is -3.87. The number of aromatic nitrogens is 8. The molecule has 4 amide bonds. The maximum atomic E-state index is 15.2. The molecule has 1 atom stereocenters. The Kier molecular flexibility index (Phi) is 11.5. The Labute approximate surface area is 340 Å². The van der Waals surface area contributed by atoms with Crippen LogP contribution in [0.5, 0.6) is 11.5 Å². The molecule has 316 valence electrons. The zero-order chi connectivity index (χ0) is 43.0. The SMILES string of the molecule is CCn1nc(C)c(F)c1C(=O)Nc1nc2cc(C(N)=O)cc(OCCCOC)c2n1CCC[C@H]1COc2cc(C(N)=O)cc3nc(NC(=O)c4c(F)c(C)nn4CC)n1c23. The number of aryl methyl sites for hydroxylation is 5. The molecule has 0 aliphatic carbocycles. The predicted octanol–water partition coefficient (Wildman–Crippen LogP) is 4.25. The molecule has 0 fully saturated rings. The van der Waals surface area contributed by atoms with Gasteiger partial charge in [-0.3, -0.25) is 39.2 Å². The largest absolute Gasteiger partial charge is 0.491 e. The Hall–Kier alpha value is -6.90. The number of methoxy groups -OCH3 is 1. The third-order valence-electron chi connectivity index (χ3n) is 10.2. The summed E-state index contributed by atoms with van der Waals surface area (Å²) in [5, 5.41) is 13.8. The molecule has 6 N–H and O–H groups in total. The maximum Gasteiger partial charge on any atom is 0.279 e. The number of primary amides is 2. The minimum atomic E-state index is -0.797. The van der Waals surface area contributed by atoms with E-state index in [4.69, 9.17) is 25.7 Å². The van der Waals surface area contributed by atoms with Gasteiger partial charge >= 0.3 is 0 Å². The number of carbonyl (C=O) groups excluding carboxylic acids is 4. The highest BCUT2D eigenvalue weighted by Gasteiger charge is 2.31. The molecule has 6 aromatic rings. The maximum absolute atomic E-state index is 15.2. The molecule has 0 bridgehead atoms. The Bertz CT molecular complexity index is 2680. The fraction of sp³-hybridized carbons (Fsp3) is 0.385. The molecule has 2 aromatic carbocycles. The van der Waals surface area contributed by atoms with Crippen molar-refractivity contribution < 1.29 is 42.2 Å². The number of ether oxygens (including phenoxy) is 3. The number of hydrogen-bond donors (Lipinski definition) is 4. The molecule has 0 radical (unpaired) electrons. The topological polar surface area (TPSA) is 243 Å². The average molecular weight is 831 g/mol. The predicted molar refractivity (Wildman–Crippen MR) is 213 cm³/mol. The van der Waals surface area contributed by atoms with Gasteiger partial charge in [0.15, 0.2) is 23.0 Å². The number of amides is 4. The zero-order valence-electron chi connectivity index (χ0n) is 33.6. The van der Waals surface area contributed by atoms with Crippen molar-refractivity contribution in [3.05, 3.63) is 69.8 Å². The van der Waals surface area contributed by atoms with Crippen LogP contribution < -0.4 is 31.6 Å². The normalized spacial score (nSPS) is 13.5. The molecule has 0 spiro atoms. The summed E-state index contributed by atoms with van der Waals surface area (Å²) in [6, 6.07) is 5.47. The van der Waals surface area contributed by atoms with E-state index >= 15 is 8.78 Å². The van der Waals surface area contributed by atoms with E-state index in [1.807, 2.05) is 0 Å². The van der Waals surface area contributed by atoms with Crippen LogP contribution in [0.1, 0.15) is 92.2 Å². The molecule has 21 heteroatoms. The molecule has 60 heavy (non-hydrogen) atoms. The van der Waals surface area contributed by atoms with Gasteiger partial charge in [-0.25, -0.2) is 18.7 Å². The average Bonchev–Trinajstić information content (AvgIpc) is 3.93. The first-order valence-electron chi connectivity index (χ1n) is 19.3. The van der Waals surface area contributed by atoms with Gasteiger partial charge in [-0.15, -0.1) is 0 Å². The fourth-order valence-corrected chi connectivity index (χ4v) is 7.36. The summed E-state index contributed by atoms with van der Waals surface area (Å²) in [6.07, 6.45) is 1.27. The van der Waals surface area contributed by atoms with Crippen LogP contribution in [0.4, 0.5) is 20.7 Å². The number of nitrogens with zero attached hydrogens (tertiary/aromatic N) is 8. The molecule has 4 aromatic heterocycles. The molecular weight excluding hydrogens is 787 g/mol. The second-order valence-corrected chi connectivity index (χ2v) is 14.1. The van der Waals surface area contributed by atoms with E-state index in [2.05, 4.69) is 30.8 Å². The summed E-state index contributed by atoms with van der Waals surface area (Å²) in [7, 11) is 1.56. The van der Waals surface area contributed by atoms with Crippen LogP contribution in [0.15, 0.2) is 24.3 Å².